The molecule has 1 N–H and O–H groups in total. The molecule has 108 valence electrons. The fourth-order valence-electron chi connectivity index (χ4n) is 1.93. The molecular weight excluding hydrogens is 265 g/mol. The second-order valence-corrected chi connectivity index (χ2v) is 5.84. The molecule has 0 saturated heterocycles. The summed E-state index contributed by atoms with van der Waals surface area (Å²) in [4.78, 5) is 0. The quantitative estimate of drug-likeness (QED) is 0.823. The largest absolute Gasteiger partial charge is 0.379 e. The zero-order chi connectivity index (χ0) is 14.5. The van der Waals surface area contributed by atoms with Crippen LogP contribution in [0.3, 0.4) is 0 Å². The number of methoxy groups -OCH3 is 1. The van der Waals surface area contributed by atoms with Crippen LogP contribution in [-0.2, 0) is 11.2 Å². The minimum Gasteiger partial charge on any atom is -0.379 e. The molecule has 0 bridgehead atoms. The SMILES string of the molecule is CNC(CCC(C)(C)OC)Cc1ccc(F)cc1Cl. The number of hydrogen-bond donors (Lipinski definition) is 1. The summed E-state index contributed by atoms with van der Waals surface area (Å²) >= 11 is 6.06. The lowest BCUT2D eigenvalue weighted by atomic mass is 9.95. The van der Waals surface area contributed by atoms with E-state index in [0.29, 0.717) is 11.1 Å². The van der Waals surface area contributed by atoms with Gasteiger partial charge in [-0.3, -0.25) is 0 Å². The van der Waals surface area contributed by atoms with Crippen LogP contribution in [0, 0.1) is 5.82 Å². The van der Waals surface area contributed by atoms with E-state index in [-0.39, 0.29) is 11.4 Å². The molecular formula is C15H23ClFNO. The van der Waals surface area contributed by atoms with Crippen LogP contribution in [0.5, 0.6) is 0 Å². The van der Waals surface area contributed by atoms with E-state index in [2.05, 4.69) is 19.2 Å². The maximum atomic E-state index is 13.0. The number of benzene rings is 1. The third kappa shape index (κ3) is 5.47. The summed E-state index contributed by atoms with van der Waals surface area (Å²) < 4.78 is 18.4. The Morgan fingerprint density at radius 2 is 2.11 bits per heavy atom. The number of ether oxygens (including phenoxy) is 1. The van der Waals surface area contributed by atoms with Crippen LogP contribution in [0.2, 0.25) is 5.02 Å². The minimum absolute atomic E-state index is 0.123. The maximum absolute atomic E-state index is 13.0. The molecule has 0 aromatic heterocycles. The molecule has 1 rings (SSSR count). The summed E-state index contributed by atoms with van der Waals surface area (Å²) in [7, 11) is 3.66. The van der Waals surface area contributed by atoms with Crippen molar-refractivity contribution in [2.45, 2.75) is 44.8 Å². The zero-order valence-electron chi connectivity index (χ0n) is 12.1. The van der Waals surface area contributed by atoms with Crippen molar-refractivity contribution in [1.82, 2.24) is 5.32 Å². The Bertz CT molecular complexity index is 409. The summed E-state index contributed by atoms with van der Waals surface area (Å²) in [5.41, 5.74) is 0.847. The summed E-state index contributed by atoms with van der Waals surface area (Å²) in [6.07, 6.45) is 2.72. The molecule has 0 spiro atoms. The lowest BCUT2D eigenvalue weighted by Gasteiger charge is -2.26. The molecule has 0 aliphatic heterocycles. The molecule has 2 nitrogen and oxygen atoms in total. The van der Waals surface area contributed by atoms with Gasteiger partial charge in [0.25, 0.3) is 0 Å². The first-order valence-electron chi connectivity index (χ1n) is 6.54. The van der Waals surface area contributed by atoms with Crippen LogP contribution < -0.4 is 5.32 Å². The van der Waals surface area contributed by atoms with Crippen molar-refractivity contribution in [2.24, 2.45) is 0 Å². The molecule has 0 saturated carbocycles. The van der Waals surface area contributed by atoms with E-state index in [1.807, 2.05) is 7.05 Å². The first kappa shape index (κ1) is 16.4. The van der Waals surface area contributed by atoms with Crippen LogP contribution in [0.4, 0.5) is 4.39 Å². The van der Waals surface area contributed by atoms with Crippen LogP contribution in [0.25, 0.3) is 0 Å². The van der Waals surface area contributed by atoms with Gasteiger partial charge in [0.2, 0.25) is 0 Å². The molecule has 1 unspecified atom stereocenters. The third-order valence-corrected chi connectivity index (χ3v) is 3.89. The van der Waals surface area contributed by atoms with E-state index in [1.54, 1.807) is 13.2 Å². The topological polar surface area (TPSA) is 21.3 Å². The second-order valence-electron chi connectivity index (χ2n) is 5.43. The molecule has 0 amide bonds. The van der Waals surface area contributed by atoms with Crippen molar-refractivity contribution >= 4 is 11.6 Å². The van der Waals surface area contributed by atoms with Crippen molar-refractivity contribution in [3.63, 3.8) is 0 Å². The summed E-state index contributed by atoms with van der Waals surface area (Å²) in [5, 5.41) is 3.77. The van der Waals surface area contributed by atoms with Gasteiger partial charge in [0.05, 0.1) is 5.60 Å². The Morgan fingerprint density at radius 1 is 1.42 bits per heavy atom. The highest BCUT2D eigenvalue weighted by Crippen LogP contribution is 2.22. The van der Waals surface area contributed by atoms with E-state index in [4.69, 9.17) is 16.3 Å². The second kappa shape index (κ2) is 7.22. The molecule has 0 radical (unpaired) electrons. The van der Waals surface area contributed by atoms with Gasteiger partial charge in [0, 0.05) is 18.2 Å². The van der Waals surface area contributed by atoms with Gasteiger partial charge in [-0.1, -0.05) is 17.7 Å². The van der Waals surface area contributed by atoms with Gasteiger partial charge in [0.1, 0.15) is 5.82 Å². The molecule has 0 aliphatic carbocycles. The Labute approximate surface area is 120 Å². The maximum Gasteiger partial charge on any atom is 0.124 e. The Balaban J connectivity index is 2.61. The number of halogens is 2. The smallest absolute Gasteiger partial charge is 0.124 e. The van der Waals surface area contributed by atoms with Gasteiger partial charge in [-0.15, -0.1) is 0 Å². The van der Waals surface area contributed by atoms with Gasteiger partial charge in [-0.05, 0) is 57.9 Å². The van der Waals surface area contributed by atoms with E-state index < -0.39 is 0 Å². The molecule has 1 atom stereocenters. The standard InChI is InChI=1S/C15H23ClFNO/c1-15(2,19-4)8-7-13(18-3)9-11-5-6-12(17)10-14(11)16/h5-6,10,13,18H,7-9H2,1-4H3. The Hall–Kier alpha value is -0.640. The average molecular weight is 288 g/mol. The fraction of sp³-hybridized carbons (Fsp3) is 0.600. The van der Waals surface area contributed by atoms with Crippen LogP contribution >= 0.6 is 11.6 Å². The predicted octanol–water partition coefficient (Wildman–Crippen LogP) is 3.81. The van der Waals surface area contributed by atoms with Crippen molar-refractivity contribution < 1.29 is 9.13 Å². The molecule has 1 aromatic rings. The van der Waals surface area contributed by atoms with Crippen molar-refractivity contribution in [3.8, 4) is 0 Å². The van der Waals surface area contributed by atoms with Gasteiger partial charge in [0.15, 0.2) is 0 Å². The number of rotatable bonds is 7. The van der Waals surface area contributed by atoms with Gasteiger partial charge < -0.3 is 10.1 Å². The lowest BCUT2D eigenvalue weighted by molar-refractivity contribution is 0.0119. The van der Waals surface area contributed by atoms with Crippen LogP contribution in [-0.4, -0.2) is 25.8 Å². The van der Waals surface area contributed by atoms with E-state index in [0.717, 1.165) is 24.8 Å². The predicted molar refractivity (Wildman–Crippen MR) is 78.3 cm³/mol. The number of likely N-dealkylation sites (N-methyl/N-ethyl adjacent to an activating group) is 1. The fourth-order valence-corrected chi connectivity index (χ4v) is 2.17. The lowest BCUT2D eigenvalue weighted by Crippen LogP contribution is -2.32. The first-order valence-corrected chi connectivity index (χ1v) is 6.92. The summed E-state index contributed by atoms with van der Waals surface area (Å²) in [6, 6.07) is 4.87. The van der Waals surface area contributed by atoms with Gasteiger partial charge in [-0.25, -0.2) is 4.39 Å². The monoisotopic (exact) mass is 287 g/mol. The molecule has 0 fully saturated rings. The van der Waals surface area contributed by atoms with Crippen molar-refractivity contribution in [1.29, 1.82) is 0 Å². The van der Waals surface area contributed by atoms with E-state index in [9.17, 15) is 4.39 Å². The van der Waals surface area contributed by atoms with E-state index >= 15 is 0 Å². The number of hydrogen-bond acceptors (Lipinski definition) is 2. The van der Waals surface area contributed by atoms with E-state index in [1.165, 1.54) is 12.1 Å². The van der Waals surface area contributed by atoms with Crippen molar-refractivity contribution in [2.75, 3.05) is 14.2 Å². The number of nitrogens with one attached hydrogen (secondary N) is 1. The molecule has 1 aromatic carbocycles. The Morgan fingerprint density at radius 3 is 2.63 bits per heavy atom. The normalized spacial score (nSPS) is 13.6. The summed E-state index contributed by atoms with van der Waals surface area (Å²) in [5.74, 6) is -0.296. The first-order chi connectivity index (χ1) is 8.88. The van der Waals surface area contributed by atoms with Crippen LogP contribution in [0.1, 0.15) is 32.3 Å². The molecule has 4 heteroatoms. The van der Waals surface area contributed by atoms with Crippen molar-refractivity contribution in [3.05, 3.63) is 34.6 Å². The zero-order valence-corrected chi connectivity index (χ0v) is 12.9. The van der Waals surface area contributed by atoms with Gasteiger partial charge >= 0.3 is 0 Å². The highest BCUT2D eigenvalue weighted by atomic mass is 35.5. The highest BCUT2D eigenvalue weighted by molar-refractivity contribution is 6.31. The Kier molecular flexibility index (Phi) is 6.24. The highest BCUT2D eigenvalue weighted by Gasteiger charge is 2.19. The third-order valence-electron chi connectivity index (χ3n) is 3.54. The molecule has 0 aliphatic rings. The average Bonchev–Trinajstić information content (AvgIpc) is 2.37. The molecule has 0 heterocycles. The minimum atomic E-state index is -0.296. The van der Waals surface area contributed by atoms with Crippen LogP contribution in [0.15, 0.2) is 18.2 Å². The van der Waals surface area contributed by atoms with Gasteiger partial charge in [-0.2, -0.15) is 0 Å². The summed E-state index contributed by atoms with van der Waals surface area (Å²) in [6.45, 7) is 4.15. The molecule has 19 heavy (non-hydrogen) atoms.